The summed E-state index contributed by atoms with van der Waals surface area (Å²) in [5.74, 6) is -1.25. The third kappa shape index (κ3) is 3.53. The van der Waals surface area contributed by atoms with Crippen molar-refractivity contribution in [3.63, 3.8) is 0 Å². The highest BCUT2D eigenvalue weighted by molar-refractivity contribution is 5.93. The van der Waals surface area contributed by atoms with Gasteiger partial charge in [-0.15, -0.1) is 0 Å². The fraction of sp³-hybridized carbons (Fsp3) is 0.818. The highest BCUT2D eigenvalue weighted by Crippen LogP contribution is 2.21. The number of rotatable bonds is 4. The SMILES string of the molecule is CCCC1CCCCN1C(=O)CC(=O)O. The van der Waals surface area contributed by atoms with Crippen LogP contribution >= 0.6 is 0 Å². The number of likely N-dealkylation sites (tertiary alicyclic amines) is 1. The van der Waals surface area contributed by atoms with Gasteiger partial charge in [0.15, 0.2) is 0 Å². The number of carbonyl (C=O) groups excluding carboxylic acids is 1. The van der Waals surface area contributed by atoms with E-state index in [0.717, 1.165) is 38.6 Å². The van der Waals surface area contributed by atoms with Gasteiger partial charge in [-0.25, -0.2) is 0 Å². The molecule has 0 saturated carbocycles. The lowest BCUT2D eigenvalue weighted by Crippen LogP contribution is -2.44. The molecule has 15 heavy (non-hydrogen) atoms. The lowest BCUT2D eigenvalue weighted by molar-refractivity contribution is -0.146. The lowest BCUT2D eigenvalue weighted by Gasteiger charge is -2.35. The molecule has 1 fully saturated rings. The van der Waals surface area contributed by atoms with Gasteiger partial charge in [-0.2, -0.15) is 0 Å². The predicted octanol–water partition coefficient (Wildman–Crippen LogP) is 1.64. The van der Waals surface area contributed by atoms with Gasteiger partial charge < -0.3 is 10.0 Å². The summed E-state index contributed by atoms with van der Waals surface area (Å²) in [7, 11) is 0. The van der Waals surface area contributed by atoms with Crippen molar-refractivity contribution in [1.82, 2.24) is 4.90 Å². The first kappa shape index (κ1) is 12.0. The third-order valence-electron chi connectivity index (χ3n) is 2.87. The van der Waals surface area contributed by atoms with Gasteiger partial charge in [-0.3, -0.25) is 9.59 Å². The van der Waals surface area contributed by atoms with E-state index in [1.165, 1.54) is 0 Å². The minimum Gasteiger partial charge on any atom is -0.481 e. The van der Waals surface area contributed by atoms with Crippen molar-refractivity contribution >= 4 is 11.9 Å². The smallest absolute Gasteiger partial charge is 0.312 e. The van der Waals surface area contributed by atoms with Crippen LogP contribution in [0, 0.1) is 0 Å². The molecule has 0 radical (unpaired) electrons. The zero-order chi connectivity index (χ0) is 11.3. The normalized spacial score (nSPS) is 21.4. The van der Waals surface area contributed by atoms with Gasteiger partial charge in [0.2, 0.25) is 5.91 Å². The van der Waals surface area contributed by atoms with Gasteiger partial charge >= 0.3 is 5.97 Å². The average Bonchev–Trinajstić information content (AvgIpc) is 2.18. The largest absolute Gasteiger partial charge is 0.481 e. The molecule has 0 aliphatic carbocycles. The summed E-state index contributed by atoms with van der Waals surface area (Å²) in [5.41, 5.74) is 0. The van der Waals surface area contributed by atoms with Crippen molar-refractivity contribution in [2.45, 2.75) is 51.5 Å². The molecule has 1 unspecified atom stereocenters. The Labute approximate surface area is 90.3 Å². The number of carboxylic acids is 1. The molecule has 86 valence electrons. The number of hydrogen-bond acceptors (Lipinski definition) is 2. The van der Waals surface area contributed by atoms with Gasteiger partial charge in [0, 0.05) is 12.6 Å². The maximum Gasteiger partial charge on any atom is 0.312 e. The second-order valence-electron chi connectivity index (χ2n) is 4.10. The fourth-order valence-electron chi connectivity index (χ4n) is 2.19. The molecule has 1 rings (SSSR count). The van der Waals surface area contributed by atoms with Crippen molar-refractivity contribution < 1.29 is 14.7 Å². The summed E-state index contributed by atoms with van der Waals surface area (Å²) in [5, 5.41) is 8.58. The second-order valence-corrected chi connectivity index (χ2v) is 4.10. The zero-order valence-electron chi connectivity index (χ0n) is 9.24. The average molecular weight is 213 g/mol. The van der Waals surface area contributed by atoms with Crippen molar-refractivity contribution in [2.75, 3.05) is 6.54 Å². The molecule has 1 aliphatic rings. The standard InChI is InChI=1S/C11H19NO3/c1-2-5-9-6-3-4-7-12(9)10(13)8-11(14)15/h9H,2-8H2,1H3,(H,14,15). The monoisotopic (exact) mass is 213 g/mol. The summed E-state index contributed by atoms with van der Waals surface area (Å²) in [6.45, 7) is 2.82. The number of carboxylic acid groups (broad SMARTS) is 1. The molecule has 0 spiro atoms. The molecular weight excluding hydrogens is 194 g/mol. The van der Waals surface area contributed by atoms with E-state index in [1.807, 2.05) is 0 Å². The second kappa shape index (κ2) is 5.73. The summed E-state index contributed by atoms with van der Waals surface area (Å²) >= 11 is 0. The van der Waals surface area contributed by atoms with Crippen LogP contribution in [-0.2, 0) is 9.59 Å². The highest BCUT2D eigenvalue weighted by atomic mass is 16.4. The highest BCUT2D eigenvalue weighted by Gasteiger charge is 2.26. The van der Waals surface area contributed by atoms with Gasteiger partial charge in [-0.1, -0.05) is 13.3 Å². The van der Waals surface area contributed by atoms with E-state index in [9.17, 15) is 9.59 Å². The van der Waals surface area contributed by atoms with Crippen LogP contribution in [0.2, 0.25) is 0 Å². The van der Waals surface area contributed by atoms with Gasteiger partial charge in [0.05, 0.1) is 0 Å². The first-order valence-corrected chi connectivity index (χ1v) is 5.66. The van der Waals surface area contributed by atoms with E-state index in [1.54, 1.807) is 4.90 Å². The summed E-state index contributed by atoms with van der Waals surface area (Å²) < 4.78 is 0. The Balaban J connectivity index is 2.54. The topological polar surface area (TPSA) is 57.6 Å². The number of nitrogens with zero attached hydrogens (tertiary/aromatic N) is 1. The molecular formula is C11H19NO3. The van der Waals surface area contributed by atoms with Crippen LogP contribution in [-0.4, -0.2) is 34.5 Å². The van der Waals surface area contributed by atoms with Crippen LogP contribution < -0.4 is 0 Å². The van der Waals surface area contributed by atoms with Crippen LogP contribution in [0.15, 0.2) is 0 Å². The maximum absolute atomic E-state index is 11.6. The minimum atomic E-state index is -1.03. The molecule has 0 aromatic carbocycles. The van der Waals surface area contributed by atoms with E-state index in [4.69, 9.17) is 5.11 Å². The summed E-state index contributed by atoms with van der Waals surface area (Å²) in [4.78, 5) is 23.9. The first-order valence-electron chi connectivity index (χ1n) is 5.66. The Hall–Kier alpha value is -1.06. The first-order chi connectivity index (χ1) is 7.15. The minimum absolute atomic E-state index is 0.222. The predicted molar refractivity (Wildman–Crippen MR) is 56.5 cm³/mol. The quantitative estimate of drug-likeness (QED) is 0.722. The number of aliphatic carboxylic acids is 1. The van der Waals surface area contributed by atoms with Gasteiger partial charge in [0.25, 0.3) is 0 Å². The fourth-order valence-corrected chi connectivity index (χ4v) is 2.19. The van der Waals surface area contributed by atoms with Gasteiger partial charge in [0.1, 0.15) is 6.42 Å². The van der Waals surface area contributed by atoms with Crippen LogP contribution in [0.25, 0.3) is 0 Å². The van der Waals surface area contributed by atoms with E-state index in [0.29, 0.717) is 0 Å². The van der Waals surface area contributed by atoms with E-state index in [-0.39, 0.29) is 18.4 Å². The van der Waals surface area contributed by atoms with E-state index in [2.05, 4.69) is 6.92 Å². The van der Waals surface area contributed by atoms with Crippen molar-refractivity contribution in [3.8, 4) is 0 Å². The molecule has 1 N–H and O–H groups in total. The molecule has 4 nitrogen and oxygen atoms in total. The Bertz CT molecular complexity index is 238. The molecule has 1 atom stereocenters. The summed E-state index contributed by atoms with van der Waals surface area (Å²) in [6.07, 6.45) is 4.86. The Kier molecular flexibility index (Phi) is 4.59. The maximum atomic E-state index is 11.6. The van der Waals surface area contributed by atoms with Crippen LogP contribution in [0.4, 0.5) is 0 Å². The van der Waals surface area contributed by atoms with Crippen LogP contribution in [0.3, 0.4) is 0 Å². The van der Waals surface area contributed by atoms with Crippen LogP contribution in [0.5, 0.6) is 0 Å². The van der Waals surface area contributed by atoms with E-state index < -0.39 is 5.97 Å². The van der Waals surface area contributed by atoms with Crippen molar-refractivity contribution in [1.29, 1.82) is 0 Å². The number of amides is 1. The van der Waals surface area contributed by atoms with E-state index >= 15 is 0 Å². The van der Waals surface area contributed by atoms with Gasteiger partial charge in [-0.05, 0) is 25.7 Å². The van der Waals surface area contributed by atoms with Crippen molar-refractivity contribution in [3.05, 3.63) is 0 Å². The number of hydrogen-bond donors (Lipinski definition) is 1. The molecule has 1 saturated heterocycles. The zero-order valence-corrected chi connectivity index (χ0v) is 9.24. The molecule has 1 amide bonds. The Morgan fingerprint density at radius 2 is 2.13 bits per heavy atom. The summed E-state index contributed by atoms with van der Waals surface area (Å²) in [6, 6.07) is 0.274. The third-order valence-corrected chi connectivity index (χ3v) is 2.87. The van der Waals surface area contributed by atoms with Crippen LogP contribution in [0.1, 0.15) is 45.4 Å². The number of carbonyl (C=O) groups is 2. The molecule has 4 heteroatoms. The van der Waals surface area contributed by atoms with Crippen molar-refractivity contribution in [2.24, 2.45) is 0 Å². The molecule has 1 aliphatic heterocycles. The molecule has 0 aromatic heterocycles. The number of piperidine rings is 1. The molecule has 1 heterocycles. The lowest BCUT2D eigenvalue weighted by atomic mass is 9.98. The molecule has 0 bridgehead atoms. The Morgan fingerprint density at radius 3 is 2.73 bits per heavy atom. The Morgan fingerprint density at radius 1 is 1.40 bits per heavy atom. The molecule has 0 aromatic rings.